The zero-order valence-corrected chi connectivity index (χ0v) is 14.4. The molecule has 1 aliphatic heterocycles. The molecule has 1 fully saturated rings. The third-order valence-electron chi connectivity index (χ3n) is 3.83. The van der Waals surface area contributed by atoms with Gasteiger partial charge < -0.3 is 9.64 Å². The SMILES string of the molecule is CC(C)(C)OC(=O)N1CCCC(n2nnc3cc(Cl)ccc32)C1. The predicted octanol–water partition coefficient (Wildman–Crippen LogP) is 3.66. The molecule has 7 heteroatoms. The van der Waals surface area contributed by atoms with Crippen molar-refractivity contribution in [2.24, 2.45) is 0 Å². The number of piperidine rings is 1. The van der Waals surface area contributed by atoms with Crippen molar-refractivity contribution in [3.63, 3.8) is 0 Å². The van der Waals surface area contributed by atoms with Gasteiger partial charge in [-0.3, -0.25) is 0 Å². The number of nitrogens with zero attached hydrogens (tertiary/aromatic N) is 4. The van der Waals surface area contributed by atoms with Crippen molar-refractivity contribution in [3.8, 4) is 0 Å². The summed E-state index contributed by atoms with van der Waals surface area (Å²) in [6, 6.07) is 5.65. The molecule has 1 aliphatic rings. The Morgan fingerprint density at radius 1 is 1.39 bits per heavy atom. The smallest absolute Gasteiger partial charge is 0.410 e. The summed E-state index contributed by atoms with van der Waals surface area (Å²) in [7, 11) is 0. The van der Waals surface area contributed by atoms with Gasteiger partial charge in [-0.1, -0.05) is 16.8 Å². The van der Waals surface area contributed by atoms with E-state index in [1.54, 1.807) is 11.0 Å². The lowest BCUT2D eigenvalue weighted by atomic mass is 10.1. The summed E-state index contributed by atoms with van der Waals surface area (Å²) in [6.45, 7) is 6.92. The van der Waals surface area contributed by atoms with Gasteiger partial charge in [0.15, 0.2) is 0 Å². The van der Waals surface area contributed by atoms with E-state index in [0.29, 0.717) is 18.1 Å². The van der Waals surface area contributed by atoms with Gasteiger partial charge in [-0.2, -0.15) is 0 Å². The van der Waals surface area contributed by atoms with E-state index < -0.39 is 5.60 Å². The summed E-state index contributed by atoms with van der Waals surface area (Å²) in [5, 5.41) is 9.08. The van der Waals surface area contributed by atoms with Crippen LogP contribution in [0.3, 0.4) is 0 Å². The summed E-state index contributed by atoms with van der Waals surface area (Å²) in [6.07, 6.45) is 1.61. The highest BCUT2D eigenvalue weighted by Crippen LogP contribution is 2.26. The zero-order valence-electron chi connectivity index (χ0n) is 13.6. The standard InChI is InChI=1S/C16H21ClN4O2/c1-16(2,3)23-15(22)20-8-4-5-12(10-20)21-14-7-6-11(17)9-13(14)18-19-21/h6-7,9,12H,4-5,8,10H2,1-3H3. The highest BCUT2D eigenvalue weighted by Gasteiger charge is 2.29. The second kappa shape index (κ2) is 6.00. The molecule has 23 heavy (non-hydrogen) atoms. The lowest BCUT2D eigenvalue weighted by Gasteiger charge is -2.34. The number of amides is 1. The third-order valence-corrected chi connectivity index (χ3v) is 4.06. The number of fused-ring (bicyclic) bond motifs is 1. The Bertz CT molecular complexity index is 722. The molecular weight excluding hydrogens is 316 g/mol. The Labute approximate surface area is 140 Å². The fourth-order valence-corrected chi connectivity index (χ4v) is 3.00. The highest BCUT2D eigenvalue weighted by molar-refractivity contribution is 6.31. The molecule has 0 aliphatic carbocycles. The lowest BCUT2D eigenvalue weighted by Crippen LogP contribution is -2.43. The van der Waals surface area contributed by atoms with Gasteiger partial charge in [-0.25, -0.2) is 9.48 Å². The van der Waals surface area contributed by atoms with Crippen molar-refractivity contribution in [2.75, 3.05) is 13.1 Å². The lowest BCUT2D eigenvalue weighted by molar-refractivity contribution is 0.0168. The van der Waals surface area contributed by atoms with Crippen LogP contribution in [0.5, 0.6) is 0 Å². The van der Waals surface area contributed by atoms with Crippen molar-refractivity contribution in [3.05, 3.63) is 23.2 Å². The maximum absolute atomic E-state index is 12.3. The number of aromatic nitrogens is 3. The summed E-state index contributed by atoms with van der Waals surface area (Å²) < 4.78 is 7.36. The van der Waals surface area contributed by atoms with Crippen LogP contribution in [0.4, 0.5) is 4.79 Å². The fourth-order valence-electron chi connectivity index (χ4n) is 2.83. The molecule has 1 atom stereocenters. The van der Waals surface area contributed by atoms with Crippen LogP contribution in [-0.2, 0) is 4.74 Å². The molecule has 1 aromatic heterocycles. The third kappa shape index (κ3) is 3.58. The molecule has 3 rings (SSSR count). The number of hydrogen-bond acceptors (Lipinski definition) is 4. The van der Waals surface area contributed by atoms with Gasteiger partial charge in [0.1, 0.15) is 11.1 Å². The normalized spacial score (nSPS) is 19.1. The van der Waals surface area contributed by atoms with Crippen molar-refractivity contribution in [1.82, 2.24) is 19.9 Å². The van der Waals surface area contributed by atoms with Crippen molar-refractivity contribution in [1.29, 1.82) is 0 Å². The van der Waals surface area contributed by atoms with Crippen molar-refractivity contribution < 1.29 is 9.53 Å². The van der Waals surface area contributed by atoms with Crippen LogP contribution in [0.25, 0.3) is 11.0 Å². The van der Waals surface area contributed by atoms with Gasteiger partial charge in [0.2, 0.25) is 0 Å². The van der Waals surface area contributed by atoms with E-state index in [0.717, 1.165) is 23.9 Å². The van der Waals surface area contributed by atoms with Crippen molar-refractivity contribution in [2.45, 2.75) is 45.3 Å². The number of likely N-dealkylation sites (tertiary alicyclic amines) is 1. The maximum atomic E-state index is 12.3. The Morgan fingerprint density at radius 2 is 2.17 bits per heavy atom. The van der Waals surface area contributed by atoms with Crippen LogP contribution in [-0.4, -0.2) is 44.7 Å². The van der Waals surface area contributed by atoms with Crippen molar-refractivity contribution >= 4 is 28.7 Å². The minimum absolute atomic E-state index is 0.0995. The average Bonchev–Trinajstić information content (AvgIpc) is 2.88. The van der Waals surface area contributed by atoms with Crippen LogP contribution in [0, 0.1) is 0 Å². The molecule has 0 bridgehead atoms. The first-order valence-electron chi connectivity index (χ1n) is 7.82. The van der Waals surface area contributed by atoms with E-state index in [2.05, 4.69) is 10.3 Å². The summed E-state index contributed by atoms with van der Waals surface area (Å²) in [5.41, 5.74) is 1.22. The first-order chi connectivity index (χ1) is 10.8. The molecular formula is C16H21ClN4O2. The molecule has 2 heterocycles. The van der Waals surface area contributed by atoms with Crippen LogP contribution < -0.4 is 0 Å². The van der Waals surface area contributed by atoms with E-state index in [1.807, 2.05) is 37.6 Å². The molecule has 1 amide bonds. The molecule has 124 valence electrons. The van der Waals surface area contributed by atoms with Gasteiger partial charge >= 0.3 is 6.09 Å². The van der Waals surface area contributed by atoms with Gasteiger partial charge in [0.05, 0.1) is 11.6 Å². The summed E-state index contributed by atoms with van der Waals surface area (Å²) in [5.74, 6) is 0. The van der Waals surface area contributed by atoms with Gasteiger partial charge in [0, 0.05) is 18.1 Å². The topological polar surface area (TPSA) is 60.2 Å². The van der Waals surface area contributed by atoms with Gasteiger partial charge in [-0.05, 0) is 51.8 Å². The Morgan fingerprint density at radius 3 is 2.91 bits per heavy atom. The molecule has 0 spiro atoms. The van der Waals surface area contributed by atoms with E-state index in [-0.39, 0.29) is 12.1 Å². The van der Waals surface area contributed by atoms with Gasteiger partial charge in [0.25, 0.3) is 0 Å². The Kier molecular flexibility index (Phi) is 4.19. The zero-order chi connectivity index (χ0) is 16.6. The summed E-state index contributed by atoms with van der Waals surface area (Å²) in [4.78, 5) is 14.0. The number of carbonyl (C=O) groups excluding carboxylic acids is 1. The van der Waals surface area contributed by atoms with E-state index in [1.165, 1.54) is 0 Å². The first-order valence-corrected chi connectivity index (χ1v) is 8.20. The monoisotopic (exact) mass is 336 g/mol. The molecule has 1 unspecified atom stereocenters. The Hall–Kier alpha value is -1.82. The second-order valence-corrected chi connectivity index (χ2v) is 7.33. The Balaban J connectivity index is 1.79. The molecule has 2 aromatic rings. The van der Waals surface area contributed by atoms with Crippen LogP contribution in [0.1, 0.15) is 39.7 Å². The minimum atomic E-state index is -0.485. The highest BCUT2D eigenvalue weighted by atomic mass is 35.5. The number of hydrogen-bond donors (Lipinski definition) is 0. The molecule has 0 radical (unpaired) electrons. The number of benzene rings is 1. The number of ether oxygens (including phenoxy) is 1. The number of rotatable bonds is 1. The van der Waals surface area contributed by atoms with Crippen LogP contribution >= 0.6 is 11.6 Å². The quantitative estimate of drug-likeness (QED) is 0.797. The minimum Gasteiger partial charge on any atom is -0.444 e. The number of carbonyl (C=O) groups is 1. The van der Waals surface area contributed by atoms with Crippen LogP contribution in [0.15, 0.2) is 18.2 Å². The predicted molar refractivity (Wildman–Crippen MR) is 88.6 cm³/mol. The second-order valence-electron chi connectivity index (χ2n) is 6.89. The van der Waals surface area contributed by atoms with E-state index >= 15 is 0 Å². The first kappa shape index (κ1) is 16.1. The molecule has 0 N–H and O–H groups in total. The van der Waals surface area contributed by atoms with E-state index in [4.69, 9.17) is 16.3 Å². The maximum Gasteiger partial charge on any atom is 0.410 e. The fraction of sp³-hybridized carbons (Fsp3) is 0.562. The summed E-state index contributed by atoms with van der Waals surface area (Å²) >= 11 is 5.99. The van der Waals surface area contributed by atoms with Crippen LogP contribution in [0.2, 0.25) is 5.02 Å². The molecule has 6 nitrogen and oxygen atoms in total. The molecule has 1 aromatic carbocycles. The largest absolute Gasteiger partial charge is 0.444 e. The average molecular weight is 337 g/mol. The molecule has 0 saturated carbocycles. The van der Waals surface area contributed by atoms with E-state index in [9.17, 15) is 4.79 Å². The van der Waals surface area contributed by atoms with Gasteiger partial charge in [-0.15, -0.1) is 5.10 Å². The number of halogens is 1. The molecule has 1 saturated heterocycles.